The Morgan fingerprint density at radius 2 is 1.57 bits per heavy atom. The summed E-state index contributed by atoms with van der Waals surface area (Å²) in [5.74, 6) is 7.30. The third-order valence-electron chi connectivity index (χ3n) is 11.1. The first-order valence-corrected chi connectivity index (χ1v) is 15.7. The fourth-order valence-electron chi connectivity index (χ4n) is 9.55. The minimum Gasteiger partial charge on any atom is -0.353 e. The number of hydrogen-bond acceptors (Lipinski definition) is 1. The van der Waals surface area contributed by atoms with E-state index in [1.54, 1.807) is 0 Å². The van der Waals surface area contributed by atoms with Crippen LogP contribution in [-0.4, -0.2) is 11.9 Å². The minimum absolute atomic E-state index is 0.313. The molecule has 204 valence electrons. The Morgan fingerprint density at radius 1 is 0.914 bits per heavy atom. The topological polar surface area (TPSA) is 29.1 Å². The highest BCUT2D eigenvalue weighted by Crippen LogP contribution is 2.68. The SMILES string of the molecule is CC(C)C.CCCC1CC2NC(=O)CC[C@]2(C)C2CC[C@]3(C)C(C(C)CCCC(C)C)CCC3C12. The highest BCUT2D eigenvalue weighted by Gasteiger charge is 2.62. The Hall–Kier alpha value is -0.530. The molecule has 4 fully saturated rings. The maximum atomic E-state index is 12.3. The first-order valence-electron chi connectivity index (χ1n) is 15.7. The van der Waals surface area contributed by atoms with E-state index in [9.17, 15) is 4.79 Å². The lowest BCUT2D eigenvalue weighted by atomic mass is 9.44. The molecule has 3 aliphatic carbocycles. The van der Waals surface area contributed by atoms with E-state index >= 15 is 0 Å². The van der Waals surface area contributed by atoms with Crippen LogP contribution in [0.25, 0.3) is 0 Å². The molecule has 1 aliphatic heterocycles. The maximum absolute atomic E-state index is 12.3. The average Bonchev–Trinajstić information content (AvgIpc) is 3.11. The first kappa shape index (κ1) is 29.0. The zero-order valence-electron chi connectivity index (χ0n) is 25.1. The van der Waals surface area contributed by atoms with E-state index in [1.165, 1.54) is 64.2 Å². The van der Waals surface area contributed by atoms with Crippen LogP contribution in [0, 0.1) is 58.2 Å². The zero-order chi connectivity index (χ0) is 26.0. The van der Waals surface area contributed by atoms with Crippen molar-refractivity contribution in [2.75, 3.05) is 0 Å². The van der Waals surface area contributed by atoms with Crippen molar-refractivity contribution < 1.29 is 4.79 Å². The normalized spacial score (nSPS) is 41.4. The van der Waals surface area contributed by atoms with E-state index in [0.717, 1.165) is 60.2 Å². The monoisotopic (exact) mass is 487 g/mol. The van der Waals surface area contributed by atoms with E-state index in [-0.39, 0.29) is 0 Å². The number of carbonyl (C=O) groups excluding carboxylic acids is 1. The van der Waals surface area contributed by atoms with Gasteiger partial charge < -0.3 is 5.32 Å². The predicted octanol–water partition coefficient (Wildman–Crippen LogP) is 9.27. The average molecular weight is 488 g/mol. The molecule has 3 saturated carbocycles. The molecule has 0 radical (unpaired) electrons. The summed E-state index contributed by atoms with van der Waals surface area (Å²) in [5.41, 5.74) is 0.899. The molecule has 1 N–H and O–H groups in total. The van der Waals surface area contributed by atoms with Gasteiger partial charge in [0, 0.05) is 12.5 Å². The van der Waals surface area contributed by atoms with Crippen molar-refractivity contribution in [1.29, 1.82) is 0 Å². The summed E-state index contributed by atoms with van der Waals surface area (Å²) in [6.07, 6.45) is 15.8. The Balaban J connectivity index is 0.000000795. The van der Waals surface area contributed by atoms with Gasteiger partial charge in [0.25, 0.3) is 0 Å². The molecule has 9 atom stereocenters. The van der Waals surface area contributed by atoms with Crippen LogP contribution >= 0.6 is 0 Å². The van der Waals surface area contributed by atoms with Crippen molar-refractivity contribution in [3.8, 4) is 0 Å². The third-order valence-corrected chi connectivity index (χ3v) is 11.1. The van der Waals surface area contributed by atoms with E-state index < -0.39 is 0 Å². The van der Waals surface area contributed by atoms with Crippen LogP contribution in [-0.2, 0) is 4.79 Å². The molecule has 0 bridgehead atoms. The molecule has 1 saturated heterocycles. The summed E-state index contributed by atoms with van der Waals surface area (Å²) in [7, 11) is 0. The number of nitrogens with one attached hydrogen (secondary N) is 1. The molecular formula is C33H61NO. The second-order valence-corrected chi connectivity index (χ2v) is 15.0. The fraction of sp³-hybridized carbons (Fsp3) is 0.970. The van der Waals surface area contributed by atoms with Crippen molar-refractivity contribution in [3.63, 3.8) is 0 Å². The van der Waals surface area contributed by atoms with Gasteiger partial charge in [-0.2, -0.15) is 0 Å². The predicted molar refractivity (Wildman–Crippen MR) is 151 cm³/mol. The number of fused-ring (bicyclic) bond motifs is 5. The highest BCUT2D eigenvalue weighted by atomic mass is 16.1. The number of carbonyl (C=O) groups is 1. The van der Waals surface area contributed by atoms with Crippen LogP contribution in [0.4, 0.5) is 0 Å². The fourth-order valence-corrected chi connectivity index (χ4v) is 9.55. The molecule has 0 spiro atoms. The van der Waals surface area contributed by atoms with Gasteiger partial charge in [0.15, 0.2) is 0 Å². The van der Waals surface area contributed by atoms with Gasteiger partial charge in [-0.1, -0.05) is 94.4 Å². The molecule has 0 aromatic heterocycles. The van der Waals surface area contributed by atoms with Gasteiger partial charge in [0.1, 0.15) is 0 Å². The van der Waals surface area contributed by atoms with Crippen molar-refractivity contribution in [2.24, 2.45) is 58.2 Å². The largest absolute Gasteiger partial charge is 0.353 e. The number of amides is 1. The first-order chi connectivity index (χ1) is 16.4. The Morgan fingerprint density at radius 3 is 2.20 bits per heavy atom. The second-order valence-electron chi connectivity index (χ2n) is 15.0. The molecule has 2 heteroatoms. The summed E-state index contributed by atoms with van der Waals surface area (Å²) in [6.45, 7) is 21.5. The van der Waals surface area contributed by atoms with Crippen molar-refractivity contribution >= 4 is 5.91 Å². The summed E-state index contributed by atoms with van der Waals surface area (Å²) in [4.78, 5) is 12.3. The quantitative estimate of drug-likeness (QED) is 0.381. The van der Waals surface area contributed by atoms with Gasteiger partial charge in [-0.15, -0.1) is 0 Å². The summed E-state index contributed by atoms with van der Waals surface area (Å²) in [5, 5.41) is 3.47. The van der Waals surface area contributed by atoms with Crippen LogP contribution in [0.15, 0.2) is 0 Å². The molecule has 35 heavy (non-hydrogen) atoms. The second kappa shape index (κ2) is 11.9. The van der Waals surface area contributed by atoms with E-state index in [4.69, 9.17) is 0 Å². The van der Waals surface area contributed by atoms with Crippen LogP contribution in [0.1, 0.15) is 139 Å². The Bertz CT molecular complexity index is 682. The summed E-state index contributed by atoms with van der Waals surface area (Å²) >= 11 is 0. The van der Waals surface area contributed by atoms with Crippen molar-refractivity contribution in [2.45, 2.75) is 145 Å². The standard InChI is InChI=1S/C29H51NO.C4H10/c1-7-9-21-18-25-29(6,17-15-26(31)30-25)24-14-16-28(5)22(12-13-23(28)27(21)24)20(4)11-8-10-19(2)3;1-4(2)3/h19-25,27H,7-18H2,1-6H3,(H,30,31);4H,1-3H3/t20?,21?,22?,23?,24?,25?,27?,28-,29-;/m1./s1. The molecule has 0 aromatic carbocycles. The lowest BCUT2D eigenvalue weighted by Gasteiger charge is -2.63. The van der Waals surface area contributed by atoms with Crippen LogP contribution in [0.3, 0.4) is 0 Å². The highest BCUT2D eigenvalue weighted by molar-refractivity contribution is 5.77. The molecule has 4 rings (SSSR count). The molecule has 1 amide bonds. The third kappa shape index (κ3) is 6.14. The lowest BCUT2D eigenvalue weighted by molar-refractivity contribution is -0.146. The van der Waals surface area contributed by atoms with Gasteiger partial charge in [-0.05, 0) is 96.7 Å². The Labute approximate surface area is 219 Å². The van der Waals surface area contributed by atoms with E-state index in [0.29, 0.717) is 22.8 Å². The summed E-state index contributed by atoms with van der Waals surface area (Å²) in [6, 6.07) is 0.433. The van der Waals surface area contributed by atoms with E-state index in [1.807, 2.05) is 0 Å². The lowest BCUT2D eigenvalue weighted by Crippen LogP contribution is -2.63. The van der Waals surface area contributed by atoms with Crippen molar-refractivity contribution in [3.05, 3.63) is 0 Å². The molecule has 0 aromatic rings. The van der Waals surface area contributed by atoms with Crippen LogP contribution < -0.4 is 5.32 Å². The number of rotatable bonds is 7. The zero-order valence-corrected chi connectivity index (χ0v) is 25.1. The van der Waals surface area contributed by atoms with Crippen molar-refractivity contribution in [1.82, 2.24) is 5.32 Å². The maximum Gasteiger partial charge on any atom is 0.220 e. The summed E-state index contributed by atoms with van der Waals surface area (Å²) < 4.78 is 0. The number of hydrogen-bond donors (Lipinski definition) is 1. The smallest absolute Gasteiger partial charge is 0.220 e. The van der Waals surface area contributed by atoms with Gasteiger partial charge in [-0.3, -0.25) is 4.79 Å². The van der Waals surface area contributed by atoms with E-state index in [2.05, 4.69) is 67.6 Å². The van der Waals surface area contributed by atoms with Gasteiger partial charge in [-0.25, -0.2) is 0 Å². The van der Waals surface area contributed by atoms with Gasteiger partial charge in [0.2, 0.25) is 5.91 Å². The number of piperidine rings is 1. The molecule has 1 heterocycles. The minimum atomic E-state index is 0.313. The van der Waals surface area contributed by atoms with Crippen LogP contribution in [0.2, 0.25) is 0 Å². The molecular weight excluding hydrogens is 426 g/mol. The Kier molecular flexibility index (Phi) is 9.87. The van der Waals surface area contributed by atoms with Crippen LogP contribution in [0.5, 0.6) is 0 Å². The molecule has 7 unspecified atom stereocenters. The van der Waals surface area contributed by atoms with Gasteiger partial charge >= 0.3 is 0 Å². The van der Waals surface area contributed by atoms with Gasteiger partial charge in [0.05, 0.1) is 0 Å². The molecule has 2 nitrogen and oxygen atoms in total. The molecule has 4 aliphatic rings.